The number of hydrogen-bond acceptors (Lipinski definition) is 2. The molecule has 26 heavy (non-hydrogen) atoms. The van der Waals surface area contributed by atoms with Gasteiger partial charge in [-0.1, -0.05) is 86.5 Å². The molecule has 0 aromatic heterocycles. The summed E-state index contributed by atoms with van der Waals surface area (Å²) in [6, 6.07) is 0. The molecule has 0 aliphatic carbocycles. The summed E-state index contributed by atoms with van der Waals surface area (Å²) < 4.78 is 10.3. The molecule has 156 valence electrons. The Bertz CT molecular complexity index is 306. The van der Waals surface area contributed by atoms with Crippen molar-refractivity contribution in [2.24, 2.45) is 11.8 Å². The molecule has 0 bridgehead atoms. The van der Waals surface area contributed by atoms with Crippen LogP contribution in [0.1, 0.15) is 93.9 Å². The summed E-state index contributed by atoms with van der Waals surface area (Å²) in [7, 11) is 0. The minimum Gasteiger partial charge on any atom is -0.373 e. The highest BCUT2D eigenvalue weighted by Crippen LogP contribution is 2.26. The van der Waals surface area contributed by atoms with Crippen molar-refractivity contribution >= 4 is 0 Å². The van der Waals surface area contributed by atoms with Gasteiger partial charge in [0.1, 0.15) is 0 Å². The van der Waals surface area contributed by atoms with E-state index >= 15 is 0 Å². The lowest BCUT2D eigenvalue weighted by Gasteiger charge is -1.98. The molecule has 2 heterocycles. The molecule has 0 saturated carbocycles. The molecule has 2 fully saturated rings. The molecule has 2 nitrogen and oxygen atoms in total. The first-order valence-corrected chi connectivity index (χ1v) is 11.0. The van der Waals surface area contributed by atoms with Crippen LogP contribution in [0.5, 0.6) is 0 Å². The lowest BCUT2D eigenvalue weighted by atomic mass is 10.1. The summed E-state index contributed by atoms with van der Waals surface area (Å²) >= 11 is 0. The van der Waals surface area contributed by atoms with Gasteiger partial charge in [0.25, 0.3) is 0 Å². The van der Waals surface area contributed by atoms with E-state index in [1.807, 2.05) is 6.08 Å². The number of allylic oxidation sites excluding steroid dienone is 3. The Kier molecular flexibility index (Phi) is 20.4. The largest absolute Gasteiger partial charge is 0.373 e. The van der Waals surface area contributed by atoms with Crippen molar-refractivity contribution in [1.29, 1.82) is 0 Å². The highest BCUT2D eigenvalue weighted by atomic mass is 16.6. The fourth-order valence-electron chi connectivity index (χ4n) is 2.04. The van der Waals surface area contributed by atoms with Gasteiger partial charge in [-0.15, -0.1) is 6.58 Å². The van der Waals surface area contributed by atoms with Crippen molar-refractivity contribution in [3.05, 3.63) is 24.8 Å². The lowest BCUT2D eigenvalue weighted by Crippen LogP contribution is -1.99. The van der Waals surface area contributed by atoms with E-state index < -0.39 is 0 Å². The molecule has 2 heteroatoms. The zero-order valence-corrected chi connectivity index (χ0v) is 19.1. The first kappa shape index (κ1) is 27.6. The zero-order valence-electron chi connectivity index (χ0n) is 19.1. The van der Waals surface area contributed by atoms with Gasteiger partial charge in [0.15, 0.2) is 0 Å². The molecule has 2 aliphatic rings. The van der Waals surface area contributed by atoms with Crippen LogP contribution in [0.25, 0.3) is 0 Å². The minimum absolute atomic E-state index is 0.616. The molecule has 0 amide bonds. The van der Waals surface area contributed by atoms with E-state index in [-0.39, 0.29) is 0 Å². The van der Waals surface area contributed by atoms with Crippen molar-refractivity contribution in [1.82, 2.24) is 0 Å². The Morgan fingerprint density at radius 3 is 1.46 bits per heavy atom. The smallest absolute Gasteiger partial charge is 0.0839 e. The third-order valence-electron chi connectivity index (χ3n) is 4.81. The van der Waals surface area contributed by atoms with E-state index in [1.54, 1.807) is 0 Å². The fraction of sp³-hybridized carbons (Fsp3) is 0.833. The van der Waals surface area contributed by atoms with E-state index in [0.29, 0.717) is 24.2 Å². The molecule has 2 rings (SSSR count). The molecule has 0 spiro atoms. The molecule has 0 radical (unpaired) electrons. The lowest BCUT2D eigenvalue weighted by molar-refractivity contribution is 0.337. The maximum Gasteiger partial charge on any atom is 0.0839 e. The first-order valence-electron chi connectivity index (χ1n) is 11.0. The van der Waals surface area contributed by atoms with Crippen LogP contribution in [0.3, 0.4) is 0 Å². The topological polar surface area (TPSA) is 25.1 Å². The number of ether oxygens (including phenoxy) is 2. The van der Waals surface area contributed by atoms with Crippen LogP contribution in [-0.2, 0) is 9.47 Å². The Morgan fingerprint density at radius 2 is 1.35 bits per heavy atom. The standard InChI is InChI=1S/2C6H12O.2C6H12/c1-3-5(2)6-4-7-6;1-3-5-6(4-2)7-5;1-4-6(3)5-2;1-3-5-6-4-2/h2*5-6H,3-4H2,1-2H3;4,6H,1,5H2,2-3H3;5-6H,3-4H2,1-2H3. The Balaban J connectivity index is 0. The first-order chi connectivity index (χ1) is 12.4. The van der Waals surface area contributed by atoms with Gasteiger partial charge < -0.3 is 9.47 Å². The Labute approximate surface area is 165 Å². The van der Waals surface area contributed by atoms with Crippen LogP contribution in [0.2, 0.25) is 0 Å². The predicted molar refractivity (Wildman–Crippen MR) is 118 cm³/mol. The second-order valence-electron chi connectivity index (χ2n) is 7.20. The summed E-state index contributed by atoms with van der Waals surface area (Å²) in [5.74, 6) is 1.49. The van der Waals surface area contributed by atoms with Crippen molar-refractivity contribution in [3.63, 3.8) is 0 Å². The number of epoxide rings is 2. The normalized spacial score (nSPS) is 24.7. The maximum atomic E-state index is 5.22. The van der Waals surface area contributed by atoms with E-state index in [4.69, 9.17) is 9.47 Å². The predicted octanol–water partition coefficient (Wildman–Crippen LogP) is 7.59. The van der Waals surface area contributed by atoms with E-state index in [1.165, 1.54) is 38.5 Å². The molecule has 5 unspecified atom stereocenters. The van der Waals surface area contributed by atoms with Crippen LogP contribution < -0.4 is 0 Å². The zero-order chi connectivity index (χ0) is 20.4. The molecule has 0 aromatic rings. The molecule has 5 atom stereocenters. The van der Waals surface area contributed by atoms with Gasteiger partial charge in [0.05, 0.1) is 24.9 Å². The second kappa shape index (κ2) is 19.2. The van der Waals surface area contributed by atoms with E-state index in [9.17, 15) is 0 Å². The average Bonchev–Trinajstić information content (AvgIpc) is 3.59. The third-order valence-corrected chi connectivity index (χ3v) is 4.81. The Morgan fingerprint density at radius 1 is 0.885 bits per heavy atom. The number of hydrogen-bond donors (Lipinski definition) is 0. The minimum atomic E-state index is 0.616. The highest BCUT2D eigenvalue weighted by Gasteiger charge is 2.34. The van der Waals surface area contributed by atoms with Gasteiger partial charge >= 0.3 is 0 Å². The van der Waals surface area contributed by atoms with Crippen LogP contribution >= 0.6 is 0 Å². The molecule has 2 aliphatic heterocycles. The van der Waals surface area contributed by atoms with Gasteiger partial charge in [0.2, 0.25) is 0 Å². The average molecular weight is 369 g/mol. The quantitative estimate of drug-likeness (QED) is 0.326. The molecular weight excluding hydrogens is 320 g/mol. The summed E-state index contributed by atoms with van der Waals surface area (Å²) in [5.41, 5.74) is 0. The van der Waals surface area contributed by atoms with Crippen molar-refractivity contribution in [3.8, 4) is 0 Å². The molecule has 2 saturated heterocycles. The van der Waals surface area contributed by atoms with E-state index in [2.05, 4.69) is 74.1 Å². The van der Waals surface area contributed by atoms with E-state index in [0.717, 1.165) is 12.5 Å². The molecule has 0 aromatic carbocycles. The maximum absolute atomic E-state index is 5.22. The van der Waals surface area contributed by atoms with Gasteiger partial charge in [-0.3, -0.25) is 0 Å². The molecule has 0 N–H and O–H groups in total. The van der Waals surface area contributed by atoms with Crippen molar-refractivity contribution in [2.45, 2.75) is 112 Å². The summed E-state index contributed by atoms with van der Waals surface area (Å²) in [5, 5.41) is 0. The summed E-state index contributed by atoms with van der Waals surface area (Å²) in [6.45, 7) is 22.0. The monoisotopic (exact) mass is 368 g/mol. The van der Waals surface area contributed by atoms with Crippen LogP contribution in [0, 0.1) is 11.8 Å². The van der Waals surface area contributed by atoms with Crippen molar-refractivity contribution in [2.75, 3.05) is 6.61 Å². The van der Waals surface area contributed by atoms with Gasteiger partial charge in [-0.25, -0.2) is 0 Å². The van der Waals surface area contributed by atoms with Crippen LogP contribution in [-0.4, -0.2) is 24.9 Å². The highest BCUT2D eigenvalue weighted by molar-refractivity contribution is 4.81. The van der Waals surface area contributed by atoms with Gasteiger partial charge in [0, 0.05) is 0 Å². The SMILES string of the molecule is C=CC(C)CC.CCC(C)C1CO1.CCC1OC1CC.CCC=CCC. The van der Waals surface area contributed by atoms with Gasteiger partial charge in [-0.2, -0.15) is 0 Å². The second-order valence-corrected chi connectivity index (χ2v) is 7.20. The van der Waals surface area contributed by atoms with Crippen LogP contribution in [0.4, 0.5) is 0 Å². The Hall–Kier alpha value is -0.600. The number of rotatable bonds is 8. The van der Waals surface area contributed by atoms with Crippen LogP contribution in [0.15, 0.2) is 24.8 Å². The summed E-state index contributed by atoms with van der Waals surface area (Å²) in [6.07, 6.45) is 15.4. The van der Waals surface area contributed by atoms with Crippen molar-refractivity contribution < 1.29 is 9.47 Å². The third kappa shape index (κ3) is 18.2. The fourth-order valence-corrected chi connectivity index (χ4v) is 2.04. The molecular formula is C24H48O2. The summed E-state index contributed by atoms with van der Waals surface area (Å²) in [4.78, 5) is 0. The van der Waals surface area contributed by atoms with Gasteiger partial charge in [-0.05, 0) is 37.5 Å².